The predicted molar refractivity (Wildman–Crippen MR) is 108 cm³/mol. The number of rotatable bonds is 7. The zero-order valence-corrected chi connectivity index (χ0v) is 15.1. The lowest BCUT2D eigenvalue weighted by atomic mass is 10.2. The molecule has 0 atom stereocenters. The van der Waals surface area contributed by atoms with Gasteiger partial charge in [-0.15, -0.1) is 0 Å². The summed E-state index contributed by atoms with van der Waals surface area (Å²) in [4.78, 5) is 0. The van der Waals surface area contributed by atoms with Gasteiger partial charge in [0.1, 0.15) is 0 Å². The van der Waals surface area contributed by atoms with Crippen LogP contribution < -0.4 is 5.32 Å². The highest BCUT2D eigenvalue weighted by Gasteiger charge is 1.95. The predicted octanol–water partition coefficient (Wildman–Crippen LogP) is 6.23. The minimum Gasteiger partial charge on any atom is -0.395 e. The number of azo groups is 2. The second kappa shape index (κ2) is 9.35. The first kappa shape index (κ1) is 18.4. The van der Waals surface area contributed by atoms with Crippen molar-refractivity contribution in [1.82, 2.24) is 0 Å². The van der Waals surface area contributed by atoms with E-state index in [-0.39, 0.29) is 6.61 Å². The maximum atomic E-state index is 8.80. The molecule has 0 fully saturated rings. The van der Waals surface area contributed by atoms with Crippen molar-refractivity contribution in [3.63, 3.8) is 0 Å². The lowest BCUT2D eigenvalue weighted by Gasteiger charge is -2.03. The monoisotopic (exact) mass is 359 g/mol. The summed E-state index contributed by atoms with van der Waals surface area (Å²) < 4.78 is 0. The summed E-state index contributed by atoms with van der Waals surface area (Å²) in [5.74, 6) is 0. The van der Waals surface area contributed by atoms with Crippen LogP contribution in [0.15, 0.2) is 93.3 Å². The molecule has 27 heavy (non-hydrogen) atoms. The van der Waals surface area contributed by atoms with Crippen molar-refractivity contribution < 1.29 is 5.11 Å². The molecular weight excluding hydrogens is 338 g/mol. The van der Waals surface area contributed by atoms with Gasteiger partial charge < -0.3 is 10.4 Å². The first-order valence-electron chi connectivity index (χ1n) is 8.68. The fourth-order valence-electron chi connectivity index (χ4n) is 2.27. The number of anilines is 1. The van der Waals surface area contributed by atoms with Gasteiger partial charge in [-0.2, -0.15) is 20.5 Å². The molecule has 6 nitrogen and oxygen atoms in total. The van der Waals surface area contributed by atoms with Gasteiger partial charge in [0.15, 0.2) is 0 Å². The second-order valence-electron chi connectivity index (χ2n) is 5.95. The Kier molecular flexibility index (Phi) is 6.38. The summed E-state index contributed by atoms with van der Waals surface area (Å²) in [5, 5.41) is 28.8. The molecule has 136 valence electrons. The van der Waals surface area contributed by atoms with Crippen molar-refractivity contribution in [1.29, 1.82) is 0 Å². The highest BCUT2D eigenvalue weighted by atomic mass is 16.3. The zero-order valence-electron chi connectivity index (χ0n) is 15.1. The van der Waals surface area contributed by atoms with Gasteiger partial charge in [-0.25, -0.2) is 0 Å². The van der Waals surface area contributed by atoms with Crippen molar-refractivity contribution >= 4 is 28.4 Å². The van der Waals surface area contributed by atoms with Gasteiger partial charge in [-0.1, -0.05) is 17.7 Å². The highest BCUT2D eigenvalue weighted by molar-refractivity contribution is 5.52. The molecule has 0 heterocycles. The molecule has 0 aliphatic heterocycles. The van der Waals surface area contributed by atoms with Gasteiger partial charge in [-0.05, 0) is 67.6 Å². The number of hydrogen-bond donors (Lipinski definition) is 2. The molecular formula is C21H21N5O. The normalized spacial score (nSPS) is 11.3. The Morgan fingerprint density at radius 1 is 0.630 bits per heavy atom. The molecule has 0 aliphatic rings. The van der Waals surface area contributed by atoms with Crippen LogP contribution in [-0.4, -0.2) is 18.3 Å². The van der Waals surface area contributed by atoms with Crippen LogP contribution >= 0.6 is 0 Å². The smallest absolute Gasteiger partial charge is 0.0858 e. The van der Waals surface area contributed by atoms with Crippen molar-refractivity contribution in [3.05, 3.63) is 78.4 Å². The largest absolute Gasteiger partial charge is 0.395 e. The molecule has 3 aromatic rings. The van der Waals surface area contributed by atoms with E-state index in [9.17, 15) is 0 Å². The Labute approximate surface area is 158 Å². The average molecular weight is 359 g/mol. The van der Waals surface area contributed by atoms with Crippen LogP contribution in [0, 0.1) is 6.92 Å². The summed E-state index contributed by atoms with van der Waals surface area (Å²) in [6.45, 7) is 2.66. The molecule has 0 amide bonds. The molecule has 0 saturated heterocycles. The fourth-order valence-corrected chi connectivity index (χ4v) is 2.27. The Bertz CT molecular complexity index is 901. The molecule has 3 aromatic carbocycles. The average Bonchev–Trinajstić information content (AvgIpc) is 2.72. The molecule has 3 rings (SSSR count). The molecule has 0 aromatic heterocycles. The van der Waals surface area contributed by atoms with Crippen LogP contribution in [0.25, 0.3) is 0 Å². The van der Waals surface area contributed by atoms with E-state index in [4.69, 9.17) is 5.11 Å². The van der Waals surface area contributed by atoms with E-state index in [2.05, 4.69) is 25.8 Å². The Morgan fingerprint density at radius 3 is 1.41 bits per heavy atom. The van der Waals surface area contributed by atoms with Crippen LogP contribution in [-0.2, 0) is 0 Å². The number of aryl methyl sites for hydroxylation is 1. The van der Waals surface area contributed by atoms with E-state index in [1.165, 1.54) is 5.56 Å². The Hall–Kier alpha value is -3.38. The lowest BCUT2D eigenvalue weighted by Crippen LogP contribution is -2.04. The number of aliphatic hydroxyl groups is 1. The van der Waals surface area contributed by atoms with Gasteiger partial charge in [0, 0.05) is 12.2 Å². The Balaban J connectivity index is 1.59. The zero-order chi connectivity index (χ0) is 18.9. The van der Waals surface area contributed by atoms with Gasteiger partial charge in [0.2, 0.25) is 0 Å². The van der Waals surface area contributed by atoms with Crippen LogP contribution in [0.5, 0.6) is 0 Å². The van der Waals surface area contributed by atoms with Gasteiger partial charge in [0.25, 0.3) is 0 Å². The first-order chi connectivity index (χ1) is 13.2. The summed E-state index contributed by atoms with van der Waals surface area (Å²) in [6.07, 6.45) is 0. The third-order valence-electron chi connectivity index (χ3n) is 3.75. The molecule has 0 unspecified atom stereocenters. The maximum Gasteiger partial charge on any atom is 0.0858 e. The number of nitrogens with one attached hydrogen (secondary N) is 1. The van der Waals surface area contributed by atoms with Crippen LogP contribution in [0.2, 0.25) is 0 Å². The van der Waals surface area contributed by atoms with Crippen molar-refractivity contribution in [2.75, 3.05) is 18.5 Å². The second-order valence-corrected chi connectivity index (χ2v) is 5.95. The molecule has 2 N–H and O–H groups in total. The van der Waals surface area contributed by atoms with E-state index in [0.29, 0.717) is 6.54 Å². The number of nitrogens with zero attached hydrogens (tertiary/aromatic N) is 4. The first-order valence-corrected chi connectivity index (χ1v) is 8.68. The quantitative estimate of drug-likeness (QED) is 0.490. The van der Waals surface area contributed by atoms with Crippen molar-refractivity contribution in [2.24, 2.45) is 20.5 Å². The molecule has 0 spiro atoms. The Morgan fingerprint density at radius 2 is 1.00 bits per heavy atom. The standard InChI is InChI=1S/C21H21N5O/c1-16-2-4-18(5-3-16)23-25-20-10-12-21(13-11-20)26-24-19-8-6-17(7-9-19)22-14-15-27/h2-13,22,27H,14-15H2,1H3. The number of aliphatic hydroxyl groups excluding tert-OH is 1. The third-order valence-corrected chi connectivity index (χ3v) is 3.75. The minimum atomic E-state index is 0.0992. The summed E-state index contributed by atoms with van der Waals surface area (Å²) in [6, 6.07) is 22.8. The van der Waals surface area contributed by atoms with E-state index in [0.717, 1.165) is 28.4 Å². The van der Waals surface area contributed by atoms with Gasteiger partial charge in [-0.3, -0.25) is 0 Å². The van der Waals surface area contributed by atoms with Gasteiger partial charge in [0.05, 0.1) is 29.4 Å². The number of hydrogen-bond acceptors (Lipinski definition) is 6. The SMILES string of the molecule is Cc1ccc(N=Nc2ccc(N=Nc3ccc(NCCO)cc3)cc2)cc1. The van der Waals surface area contributed by atoms with Crippen LogP contribution in [0.3, 0.4) is 0 Å². The van der Waals surface area contributed by atoms with Gasteiger partial charge >= 0.3 is 0 Å². The van der Waals surface area contributed by atoms with Crippen LogP contribution in [0.4, 0.5) is 28.4 Å². The molecule has 0 aliphatic carbocycles. The van der Waals surface area contributed by atoms with Crippen molar-refractivity contribution in [2.45, 2.75) is 6.92 Å². The summed E-state index contributed by atoms with van der Waals surface area (Å²) >= 11 is 0. The molecule has 0 saturated carbocycles. The highest BCUT2D eigenvalue weighted by Crippen LogP contribution is 2.24. The fraction of sp³-hybridized carbons (Fsp3) is 0.143. The van der Waals surface area contributed by atoms with Crippen molar-refractivity contribution in [3.8, 4) is 0 Å². The molecule has 0 bridgehead atoms. The van der Waals surface area contributed by atoms with E-state index < -0.39 is 0 Å². The summed E-state index contributed by atoms with van der Waals surface area (Å²) in [5.41, 5.74) is 5.21. The molecule has 6 heteroatoms. The molecule has 0 radical (unpaired) electrons. The third kappa shape index (κ3) is 5.83. The van der Waals surface area contributed by atoms with E-state index in [1.54, 1.807) is 0 Å². The summed E-state index contributed by atoms with van der Waals surface area (Å²) in [7, 11) is 0. The lowest BCUT2D eigenvalue weighted by molar-refractivity contribution is 0.311. The maximum absolute atomic E-state index is 8.80. The topological polar surface area (TPSA) is 81.7 Å². The van der Waals surface area contributed by atoms with E-state index in [1.807, 2.05) is 79.7 Å². The van der Waals surface area contributed by atoms with E-state index >= 15 is 0 Å². The minimum absolute atomic E-state index is 0.0992. The van der Waals surface area contributed by atoms with Crippen LogP contribution in [0.1, 0.15) is 5.56 Å². The number of benzene rings is 3.